The van der Waals surface area contributed by atoms with Gasteiger partial charge in [0.25, 0.3) is 0 Å². The lowest BCUT2D eigenvalue weighted by Gasteiger charge is -2.18. The van der Waals surface area contributed by atoms with Crippen LogP contribution < -0.4 is 0 Å². The number of carbonyl (C=O) groups excluding carboxylic acids is 3. The van der Waals surface area contributed by atoms with E-state index in [0.29, 0.717) is 19.3 Å². The van der Waals surface area contributed by atoms with Crippen molar-refractivity contribution in [2.75, 3.05) is 13.2 Å². The van der Waals surface area contributed by atoms with Gasteiger partial charge in [0.2, 0.25) is 0 Å². The molecule has 6 nitrogen and oxygen atoms in total. The van der Waals surface area contributed by atoms with Crippen molar-refractivity contribution in [1.82, 2.24) is 0 Å². The van der Waals surface area contributed by atoms with E-state index in [9.17, 15) is 14.4 Å². The molecule has 0 aliphatic rings. The smallest absolute Gasteiger partial charge is 0.306 e. The summed E-state index contributed by atoms with van der Waals surface area (Å²) in [5, 5.41) is 0. The molecule has 0 saturated carbocycles. The van der Waals surface area contributed by atoms with Crippen LogP contribution in [-0.2, 0) is 28.6 Å². The molecule has 1 atom stereocenters. The fraction of sp³-hybridized carbons (Fsp3) is 0.716. The van der Waals surface area contributed by atoms with Crippen molar-refractivity contribution in [2.45, 2.75) is 329 Å². The number of esters is 3. The van der Waals surface area contributed by atoms with Gasteiger partial charge in [-0.2, -0.15) is 0 Å². The minimum Gasteiger partial charge on any atom is -0.462 e. The summed E-state index contributed by atoms with van der Waals surface area (Å²) in [5.74, 6) is -0.919. The summed E-state index contributed by atoms with van der Waals surface area (Å²) in [6, 6.07) is 0. The average Bonchev–Trinajstić information content (AvgIpc) is 3.46. The largest absolute Gasteiger partial charge is 0.462 e. The summed E-state index contributed by atoms with van der Waals surface area (Å²) >= 11 is 0. The number of allylic oxidation sites excluding steroid dienone is 18. The zero-order valence-electron chi connectivity index (χ0n) is 52.6. The molecular weight excluding hydrogens is 985 g/mol. The fourth-order valence-electron chi connectivity index (χ4n) is 9.45. The lowest BCUT2D eigenvalue weighted by molar-refractivity contribution is -0.167. The summed E-state index contributed by atoms with van der Waals surface area (Å²) < 4.78 is 16.9. The van der Waals surface area contributed by atoms with Crippen LogP contribution in [0.25, 0.3) is 0 Å². The van der Waals surface area contributed by atoms with E-state index >= 15 is 0 Å². The highest BCUT2D eigenvalue weighted by atomic mass is 16.6. The van der Waals surface area contributed by atoms with Gasteiger partial charge >= 0.3 is 17.9 Å². The summed E-state index contributed by atoms with van der Waals surface area (Å²) in [6.45, 7) is 6.51. The Labute approximate surface area is 495 Å². The number of unbranched alkanes of at least 4 members (excludes halogenated alkanes) is 32. The van der Waals surface area contributed by atoms with Gasteiger partial charge in [0.1, 0.15) is 13.2 Å². The highest BCUT2D eigenvalue weighted by Gasteiger charge is 2.19. The number of hydrogen-bond acceptors (Lipinski definition) is 6. The molecule has 0 rings (SSSR count). The van der Waals surface area contributed by atoms with Gasteiger partial charge in [0.15, 0.2) is 6.10 Å². The second-order valence-electron chi connectivity index (χ2n) is 22.4. The Kier molecular flexibility index (Phi) is 64.3. The van der Waals surface area contributed by atoms with Crippen molar-refractivity contribution < 1.29 is 28.6 Å². The van der Waals surface area contributed by atoms with E-state index in [-0.39, 0.29) is 31.1 Å². The molecular formula is C74H126O6. The zero-order chi connectivity index (χ0) is 57.8. The molecule has 0 aromatic heterocycles. The third-order valence-corrected chi connectivity index (χ3v) is 14.5. The van der Waals surface area contributed by atoms with Crippen LogP contribution in [0, 0.1) is 0 Å². The molecule has 0 aliphatic carbocycles. The second-order valence-corrected chi connectivity index (χ2v) is 22.4. The molecule has 0 aliphatic heterocycles. The minimum atomic E-state index is -0.798. The number of carbonyl (C=O) groups is 3. The quantitative estimate of drug-likeness (QED) is 0.0261. The molecule has 0 radical (unpaired) electrons. The zero-order valence-corrected chi connectivity index (χ0v) is 52.6. The number of ether oxygens (including phenoxy) is 3. The molecule has 0 spiro atoms. The summed E-state index contributed by atoms with van der Waals surface area (Å²) in [7, 11) is 0. The fourth-order valence-corrected chi connectivity index (χ4v) is 9.45. The van der Waals surface area contributed by atoms with Crippen LogP contribution >= 0.6 is 0 Å². The molecule has 0 aromatic rings. The molecule has 0 amide bonds. The molecule has 0 aromatic carbocycles. The first-order valence-electron chi connectivity index (χ1n) is 33.9. The van der Waals surface area contributed by atoms with E-state index in [2.05, 4.69) is 130 Å². The molecule has 458 valence electrons. The third-order valence-electron chi connectivity index (χ3n) is 14.5. The normalized spacial score (nSPS) is 12.8. The van der Waals surface area contributed by atoms with E-state index in [4.69, 9.17) is 14.2 Å². The summed E-state index contributed by atoms with van der Waals surface area (Å²) in [6.07, 6.45) is 92.4. The second kappa shape index (κ2) is 67.6. The van der Waals surface area contributed by atoms with Crippen molar-refractivity contribution in [3.8, 4) is 0 Å². The van der Waals surface area contributed by atoms with E-state index in [1.807, 2.05) is 0 Å². The highest BCUT2D eigenvalue weighted by Crippen LogP contribution is 2.17. The van der Waals surface area contributed by atoms with Crippen LogP contribution in [0.3, 0.4) is 0 Å². The first kappa shape index (κ1) is 76.1. The van der Waals surface area contributed by atoms with Gasteiger partial charge in [0, 0.05) is 19.3 Å². The molecule has 0 saturated heterocycles. The summed E-state index contributed by atoms with van der Waals surface area (Å²) in [4.78, 5) is 38.4. The lowest BCUT2D eigenvalue weighted by atomic mass is 10.0. The monoisotopic (exact) mass is 1110 g/mol. The highest BCUT2D eigenvalue weighted by molar-refractivity contribution is 5.71. The Hall–Kier alpha value is -3.93. The van der Waals surface area contributed by atoms with Gasteiger partial charge in [-0.25, -0.2) is 0 Å². The van der Waals surface area contributed by atoms with Gasteiger partial charge < -0.3 is 14.2 Å². The molecule has 80 heavy (non-hydrogen) atoms. The first-order chi connectivity index (χ1) is 39.5. The predicted octanol–water partition coefficient (Wildman–Crippen LogP) is 23.4. The van der Waals surface area contributed by atoms with Crippen molar-refractivity contribution >= 4 is 17.9 Å². The first-order valence-corrected chi connectivity index (χ1v) is 33.9. The standard InChI is InChI=1S/C74H126O6/c1-4-7-10-13-16-19-22-25-28-31-33-35-36-37-38-39-41-43-46-49-52-55-58-61-64-67-73(76)79-70-71(69-78-72(75)66-63-60-57-54-51-48-45-42-30-27-24-21-18-15-12-9-6-3)80-74(77)68-65-62-59-56-53-50-47-44-40-34-32-29-26-23-20-17-14-11-8-5-2/h7,10,16,18-19,21,25,27-28,30,33,35,37-38,41,43,49,52,71H,4-6,8-9,11-15,17,20,22-24,26,29,31-32,34,36,39-40,42,44-48,50-51,53-70H2,1-3H3/b10-7-,19-16-,21-18-,28-25-,30-27-,35-33-,38-37-,43-41-,52-49-. The number of hydrogen-bond donors (Lipinski definition) is 0. The van der Waals surface area contributed by atoms with Crippen molar-refractivity contribution in [3.63, 3.8) is 0 Å². The molecule has 0 N–H and O–H groups in total. The Morgan fingerprint density at radius 2 is 0.487 bits per heavy atom. The van der Waals surface area contributed by atoms with Crippen LogP contribution in [0.15, 0.2) is 109 Å². The number of rotatable bonds is 61. The SMILES string of the molecule is CC/C=C\C/C=C\C/C=C\C/C=C\C/C=C\C/C=C\C/C=C\CCCCCC(=O)OCC(COC(=O)CCCCCCCCC/C=C\C/C=C\CCCCC)OC(=O)CCCCCCCCCCCCCCCCCCCCCC. The molecule has 1 unspecified atom stereocenters. The maximum absolute atomic E-state index is 12.9. The van der Waals surface area contributed by atoms with Crippen LogP contribution in [0.1, 0.15) is 323 Å². The van der Waals surface area contributed by atoms with Crippen molar-refractivity contribution in [2.24, 2.45) is 0 Å². The van der Waals surface area contributed by atoms with Crippen LogP contribution in [0.4, 0.5) is 0 Å². The Morgan fingerprint density at radius 3 is 0.800 bits per heavy atom. The molecule has 0 heterocycles. The van der Waals surface area contributed by atoms with Gasteiger partial charge in [-0.15, -0.1) is 0 Å². The van der Waals surface area contributed by atoms with Gasteiger partial charge in [-0.3, -0.25) is 14.4 Å². The van der Waals surface area contributed by atoms with E-state index in [0.717, 1.165) is 122 Å². The van der Waals surface area contributed by atoms with Crippen molar-refractivity contribution in [3.05, 3.63) is 109 Å². The van der Waals surface area contributed by atoms with E-state index in [1.165, 1.54) is 161 Å². The molecule has 0 bridgehead atoms. The maximum Gasteiger partial charge on any atom is 0.306 e. The third kappa shape index (κ3) is 64.9. The van der Waals surface area contributed by atoms with Crippen LogP contribution in [0.5, 0.6) is 0 Å². The predicted molar refractivity (Wildman–Crippen MR) is 348 cm³/mol. The molecule has 6 heteroatoms. The Bertz CT molecular complexity index is 1610. The maximum atomic E-state index is 12.9. The van der Waals surface area contributed by atoms with Gasteiger partial charge in [-0.05, 0) is 109 Å². The van der Waals surface area contributed by atoms with Crippen LogP contribution in [0.2, 0.25) is 0 Å². The van der Waals surface area contributed by atoms with Gasteiger partial charge in [-0.1, -0.05) is 304 Å². The lowest BCUT2D eigenvalue weighted by Crippen LogP contribution is -2.30. The van der Waals surface area contributed by atoms with Gasteiger partial charge in [0.05, 0.1) is 0 Å². The topological polar surface area (TPSA) is 78.9 Å². The van der Waals surface area contributed by atoms with Crippen molar-refractivity contribution in [1.29, 1.82) is 0 Å². The van der Waals surface area contributed by atoms with Crippen LogP contribution in [-0.4, -0.2) is 37.2 Å². The average molecular weight is 1110 g/mol. The Morgan fingerprint density at radius 1 is 0.263 bits per heavy atom. The van der Waals surface area contributed by atoms with E-state index < -0.39 is 6.10 Å². The summed E-state index contributed by atoms with van der Waals surface area (Å²) in [5.41, 5.74) is 0. The Balaban J connectivity index is 4.44. The molecule has 0 fully saturated rings. The minimum absolute atomic E-state index is 0.0916. The van der Waals surface area contributed by atoms with E-state index in [1.54, 1.807) is 0 Å².